The number of rotatable bonds is 8. The van der Waals surface area contributed by atoms with Crippen LogP contribution >= 0.6 is 0 Å². The van der Waals surface area contributed by atoms with Gasteiger partial charge in [0.15, 0.2) is 0 Å². The molecule has 0 fully saturated rings. The van der Waals surface area contributed by atoms with Crippen LogP contribution in [0.5, 0.6) is 5.75 Å². The molecule has 146 valence electrons. The van der Waals surface area contributed by atoms with E-state index in [1.165, 1.54) is 0 Å². The van der Waals surface area contributed by atoms with Crippen molar-refractivity contribution in [1.82, 2.24) is 10.1 Å². The zero-order valence-corrected chi connectivity index (χ0v) is 16.4. The first-order valence-corrected chi connectivity index (χ1v) is 9.46. The van der Waals surface area contributed by atoms with Crippen molar-refractivity contribution in [3.8, 4) is 17.1 Å². The van der Waals surface area contributed by atoms with E-state index in [9.17, 15) is 4.79 Å². The molecule has 0 aliphatic rings. The van der Waals surface area contributed by atoms with Crippen LogP contribution in [0.4, 0.5) is 5.69 Å². The lowest BCUT2D eigenvalue weighted by Crippen LogP contribution is -2.14. The summed E-state index contributed by atoms with van der Waals surface area (Å²) < 4.78 is 10.4. The van der Waals surface area contributed by atoms with E-state index in [4.69, 9.17) is 9.26 Å². The highest BCUT2D eigenvalue weighted by Gasteiger charge is 2.13. The van der Waals surface area contributed by atoms with E-state index in [2.05, 4.69) is 35.4 Å². The Balaban J connectivity index is 1.59. The van der Waals surface area contributed by atoms with Crippen LogP contribution in [0.15, 0.2) is 53.1 Å². The van der Waals surface area contributed by atoms with Gasteiger partial charge < -0.3 is 14.6 Å². The van der Waals surface area contributed by atoms with Crippen molar-refractivity contribution < 1.29 is 14.1 Å². The molecule has 0 saturated heterocycles. The maximum atomic E-state index is 12.4. The molecule has 1 heterocycles. The van der Waals surface area contributed by atoms with Crippen molar-refractivity contribution in [2.45, 2.75) is 39.0 Å². The van der Waals surface area contributed by atoms with Gasteiger partial charge in [-0.3, -0.25) is 4.79 Å². The van der Waals surface area contributed by atoms with Crippen molar-refractivity contribution >= 4 is 11.6 Å². The highest BCUT2D eigenvalue weighted by molar-refractivity contribution is 5.91. The maximum Gasteiger partial charge on any atom is 0.227 e. The number of nitrogens with one attached hydrogen (secondary N) is 1. The van der Waals surface area contributed by atoms with E-state index in [0.29, 0.717) is 24.1 Å². The first kappa shape index (κ1) is 19.6. The minimum Gasteiger partial charge on any atom is -0.497 e. The molecule has 0 radical (unpaired) electrons. The third-order valence-electron chi connectivity index (χ3n) is 4.76. The average Bonchev–Trinajstić information content (AvgIpc) is 3.21. The van der Waals surface area contributed by atoms with Crippen molar-refractivity contribution in [2.75, 3.05) is 12.4 Å². The number of nitrogens with zero attached hydrogens (tertiary/aromatic N) is 2. The van der Waals surface area contributed by atoms with Gasteiger partial charge in [0.2, 0.25) is 17.6 Å². The van der Waals surface area contributed by atoms with Gasteiger partial charge in [-0.15, -0.1) is 0 Å². The summed E-state index contributed by atoms with van der Waals surface area (Å²) in [4.78, 5) is 16.8. The van der Waals surface area contributed by atoms with E-state index < -0.39 is 0 Å². The topological polar surface area (TPSA) is 77.2 Å². The van der Waals surface area contributed by atoms with Gasteiger partial charge in [-0.05, 0) is 48.2 Å². The van der Waals surface area contributed by atoms with Gasteiger partial charge in [-0.1, -0.05) is 37.2 Å². The van der Waals surface area contributed by atoms with E-state index in [1.54, 1.807) is 7.11 Å². The molecule has 0 saturated carbocycles. The fourth-order valence-electron chi connectivity index (χ4n) is 2.91. The number of amides is 1. The van der Waals surface area contributed by atoms with E-state index in [-0.39, 0.29) is 12.3 Å². The third kappa shape index (κ3) is 4.76. The normalized spacial score (nSPS) is 11.8. The van der Waals surface area contributed by atoms with E-state index in [0.717, 1.165) is 29.0 Å². The Kier molecular flexibility index (Phi) is 6.42. The van der Waals surface area contributed by atoms with Gasteiger partial charge >= 0.3 is 0 Å². The standard InChI is InChI=1S/C22H25N3O3/c1-4-15(2)18-7-5-6-8-19(18)23-20(26)13-14-21-24-22(25-28-21)16-9-11-17(27-3)12-10-16/h5-12,15H,4,13-14H2,1-3H3,(H,23,26). The van der Waals surface area contributed by atoms with Crippen LogP contribution in [0, 0.1) is 0 Å². The van der Waals surface area contributed by atoms with Crippen molar-refractivity contribution in [1.29, 1.82) is 0 Å². The smallest absolute Gasteiger partial charge is 0.227 e. The summed E-state index contributed by atoms with van der Waals surface area (Å²) in [7, 11) is 1.62. The van der Waals surface area contributed by atoms with Crippen LogP contribution in [0.3, 0.4) is 0 Å². The SMILES string of the molecule is CCC(C)c1ccccc1NC(=O)CCc1nc(-c2ccc(OC)cc2)no1. The van der Waals surface area contributed by atoms with Gasteiger partial charge in [0, 0.05) is 24.1 Å². The molecule has 1 amide bonds. The molecule has 6 heteroatoms. The molecule has 1 aromatic heterocycles. The molecule has 6 nitrogen and oxygen atoms in total. The quantitative estimate of drug-likeness (QED) is 0.606. The number of anilines is 1. The minimum atomic E-state index is -0.0695. The molecule has 0 aliphatic carbocycles. The predicted octanol–water partition coefficient (Wildman–Crippen LogP) is 4.83. The van der Waals surface area contributed by atoms with Gasteiger partial charge in [0.05, 0.1) is 7.11 Å². The Bertz CT molecular complexity index is 919. The first-order valence-electron chi connectivity index (χ1n) is 9.46. The Morgan fingerprint density at radius 3 is 2.64 bits per heavy atom. The summed E-state index contributed by atoms with van der Waals surface area (Å²) in [6, 6.07) is 15.3. The Morgan fingerprint density at radius 1 is 1.18 bits per heavy atom. The summed E-state index contributed by atoms with van der Waals surface area (Å²) >= 11 is 0. The fraction of sp³-hybridized carbons (Fsp3) is 0.318. The molecule has 2 aromatic carbocycles. The number of hydrogen-bond donors (Lipinski definition) is 1. The number of ether oxygens (including phenoxy) is 1. The molecule has 3 rings (SSSR count). The van der Waals surface area contributed by atoms with E-state index in [1.807, 2.05) is 42.5 Å². The van der Waals surface area contributed by atoms with Gasteiger partial charge in [0.25, 0.3) is 0 Å². The summed E-state index contributed by atoms with van der Waals surface area (Å²) in [6.07, 6.45) is 1.68. The van der Waals surface area contributed by atoms with Gasteiger partial charge in [0.1, 0.15) is 5.75 Å². The maximum absolute atomic E-state index is 12.4. The van der Waals surface area contributed by atoms with Crippen LogP contribution in [0.25, 0.3) is 11.4 Å². The fourth-order valence-corrected chi connectivity index (χ4v) is 2.91. The predicted molar refractivity (Wildman–Crippen MR) is 108 cm³/mol. The van der Waals surface area contributed by atoms with Crippen molar-refractivity contribution in [3.63, 3.8) is 0 Å². The second-order valence-electron chi connectivity index (χ2n) is 6.68. The molecule has 28 heavy (non-hydrogen) atoms. The lowest BCUT2D eigenvalue weighted by molar-refractivity contribution is -0.116. The Morgan fingerprint density at radius 2 is 1.93 bits per heavy atom. The van der Waals surface area contributed by atoms with Crippen LogP contribution in [0.2, 0.25) is 0 Å². The van der Waals surface area contributed by atoms with Crippen LogP contribution < -0.4 is 10.1 Å². The molecule has 1 unspecified atom stereocenters. The number of carbonyl (C=O) groups is 1. The minimum absolute atomic E-state index is 0.0695. The monoisotopic (exact) mass is 379 g/mol. The molecular formula is C22H25N3O3. The van der Waals surface area contributed by atoms with Crippen LogP contribution in [0.1, 0.15) is 44.1 Å². The number of hydrogen-bond acceptors (Lipinski definition) is 5. The molecule has 0 aliphatic heterocycles. The summed E-state index contributed by atoms with van der Waals surface area (Å²) in [5.41, 5.74) is 2.85. The van der Waals surface area contributed by atoms with Gasteiger partial charge in [-0.2, -0.15) is 4.98 Å². The average molecular weight is 379 g/mol. The molecule has 3 aromatic rings. The van der Waals surface area contributed by atoms with Crippen LogP contribution in [-0.4, -0.2) is 23.2 Å². The molecule has 1 atom stereocenters. The zero-order chi connectivity index (χ0) is 19.9. The number of carbonyl (C=O) groups excluding carboxylic acids is 1. The third-order valence-corrected chi connectivity index (χ3v) is 4.76. The second-order valence-corrected chi connectivity index (χ2v) is 6.68. The second kappa shape index (κ2) is 9.17. The van der Waals surface area contributed by atoms with Crippen LogP contribution in [-0.2, 0) is 11.2 Å². The number of para-hydroxylation sites is 1. The number of benzene rings is 2. The number of methoxy groups -OCH3 is 1. The molecule has 0 spiro atoms. The number of aromatic nitrogens is 2. The highest BCUT2D eigenvalue weighted by Crippen LogP contribution is 2.26. The summed E-state index contributed by atoms with van der Waals surface area (Å²) in [6.45, 7) is 4.30. The van der Waals surface area contributed by atoms with Crippen molar-refractivity contribution in [3.05, 3.63) is 60.0 Å². The zero-order valence-electron chi connectivity index (χ0n) is 16.4. The summed E-state index contributed by atoms with van der Waals surface area (Å²) in [5.74, 6) is 2.03. The highest BCUT2D eigenvalue weighted by atomic mass is 16.5. The van der Waals surface area contributed by atoms with E-state index >= 15 is 0 Å². The Hall–Kier alpha value is -3.15. The lowest BCUT2D eigenvalue weighted by Gasteiger charge is -2.15. The largest absolute Gasteiger partial charge is 0.497 e. The number of aryl methyl sites for hydroxylation is 1. The first-order chi connectivity index (χ1) is 13.6. The van der Waals surface area contributed by atoms with Gasteiger partial charge in [-0.25, -0.2) is 0 Å². The molecule has 1 N–H and O–H groups in total. The molecule has 0 bridgehead atoms. The lowest BCUT2D eigenvalue weighted by atomic mass is 9.97. The summed E-state index contributed by atoms with van der Waals surface area (Å²) in [5, 5.41) is 7.00. The molecular weight excluding hydrogens is 354 g/mol. The Labute approximate surface area is 164 Å². The van der Waals surface area contributed by atoms with Crippen molar-refractivity contribution in [2.24, 2.45) is 0 Å².